The molecule has 1 aliphatic rings. The molecule has 1 rings (SSSR count). The Morgan fingerprint density at radius 1 is 1.55 bits per heavy atom. The first-order valence-corrected chi connectivity index (χ1v) is 3.87. The van der Waals surface area contributed by atoms with E-state index in [1.807, 2.05) is 0 Å². The van der Waals surface area contributed by atoms with Gasteiger partial charge in [-0.25, -0.2) is 0 Å². The van der Waals surface area contributed by atoms with Crippen LogP contribution in [0.2, 0.25) is 0 Å². The van der Waals surface area contributed by atoms with Crippen LogP contribution in [0.5, 0.6) is 0 Å². The standard InChI is InChI=1S/C8H14O.CH3O/c1-6-3-4-8(9)7(2)5-6;1-2/h5,7-9H,3-4H2,1-2H3;2H,1H2. The van der Waals surface area contributed by atoms with E-state index < -0.39 is 0 Å². The second-order valence-corrected chi connectivity index (χ2v) is 2.98. The van der Waals surface area contributed by atoms with Gasteiger partial charge in [-0.15, -0.1) is 0 Å². The molecule has 0 saturated carbocycles. The Kier molecular flexibility index (Phi) is 5.16. The van der Waals surface area contributed by atoms with Gasteiger partial charge in [0.1, 0.15) is 0 Å². The Bertz CT molecular complexity index is 130. The highest BCUT2D eigenvalue weighted by Gasteiger charge is 2.15. The Morgan fingerprint density at radius 2 is 2.09 bits per heavy atom. The first-order valence-electron chi connectivity index (χ1n) is 3.87. The van der Waals surface area contributed by atoms with Gasteiger partial charge in [-0.05, 0) is 19.8 Å². The summed E-state index contributed by atoms with van der Waals surface area (Å²) in [6, 6.07) is 0. The van der Waals surface area contributed by atoms with Gasteiger partial charge in [-0.3, -0.25) is 0 Å². The van der Waals surface area contributed by atoms with Crippen molar-refractivity contribution < 1.29 is 10.2 Å². The summed E-state index contributed by atoms with van der Waals surface area (Å²) in [4.78, 5) is 0. The van der Waals surface area contributed by atoms with Gasteiger partial charge in [-0.1, -0.05) is 18.6 Å². The van der Waals surface area contributed by atoms with E-state index in [9.17, 15) is 5.11 Å². The number of hydrogen-bond acceptors (Lipinski definition) is 2. The van der Waals surface area contributed by atoms with Crippen LogP contribution < -0.4 is 0 Å². The Hall–Kier alpha value is -0.340. The van der Waals surface area contributed by atoms with Crippen LogP contribution >= 0.6 is 0 Å². The minimum Gasteiger partial charge on any atom is -0.394 e. The lowest BCUT2D eigenvalue weighted by Crippen LogP contribution is -2.19. The van der Waals surface area contributed by atoms with E-state index in [2.05, 4.69) is 27.0 Å². The van der Waals surface area contributed by atoms with E-state index in [0.717, 1.165) is 12.8 Å². The quantitative estimate of drug-likeness (QED) is 0.527. The first kappa shape index (κ1) is 10.7. The van der Waals surface area contributed by atoms with Crippen molar-refractivity contribution in [3.63, 3.8) is 0 Å². The van der Waals surface area contributed by atoms with Crippen LogP contribution in [0.25, 0.3) is 0 Å². The van der Waals surface area contributed by atoms with Crippen molar-refractivity contribution in [2.24, 2.45) is 5.92 Å². The van der Waals surface area contributed by atoms with Crippen molar-refractivity contribution in [2.45, 2.75) is 32.8 Å². The fourth-order valence-corrected chi connectivity index (χ4v) is 1.28. The summed E-state index contributed by atoms with van der Waals surface area (Å²) >= 11 is 0. The predicted octanol–water partition coefficient (Wildman–Crippen LogP) is 1.87. The molecule has 11 heavy (non-hydrogen) atoms. The fraction of sp³-hybridized carbons (Fsp3) is 0.667. The molecule has 0 fully saturated rings. The normalized spacial score (nSPS) is 30.1. The highest BCUT2D eigenvalue weighted by atomic mass is 16.3. The van der Waals surface area contributed by atoms with Gasteiger partial charge in [0.25, 0.3) is 0 Å². The molecule has 0 aromatic heterocycles. The number of aliphatic hydroxyl groups excluding tert-OH is 2. The zero-order valence-electron chi connectivity index (χ0n) is 7.25. The molecular formula is C9H17O2. The van der Waals surface area contributed by atoms with E-state index in [0.29, 0.717) is 5.92 Å². The minimum atomic E-state index is -0.0892. The molecule has 2 atom stereocenters. The summed E-state index contributed by atoms with van der Waals surface area (Å²) in [6.07, 6.45) is 4.09. The van der Waals surface area contributed by atoms with Gasteiger partial charge in [0.15, 0.2) is 0 Å². The van der Waals surface area contributed by atoms with Crippen LogP contribution in [0, 0.1) is 13.0 Å². The lowest BCUT2D eigenvalue weighted by Gasteiger charge is -2.21. The van der Waals surface area contributed by atoms with Crippen LogP contribution in [0.4, 0.5) is 0 Å². The maximum Gasteiger partial charge on any atom is 0.0662 e. The zero-order valence-corrected chi connectivity index (χ0v) is 7.25. The molecule has 2 N–H and O–H groups in total. The zero-order chi connectivity index (χ0) is 8.85. The Morgan fingerprint density at radius 3 is 2.45 bits per heavy atom. The predicted molar refractivity (Wildman–Crippen MR) is 45.5 cm³/mol. The molecule has 0 bridgehead atoms. The second kappa shape index (κ2) is 5.33. The molecule has 0 spiro atoms. The van der Waals surface area contributed by atoms with E-state index >= 15 is 0 Å². The molecule has 2 heteroatoms. The summed E-state index contributed by atoms with van der Waals surface area (Å²) in [5.74, 6) is 0.374. The maximum absolute atomic E-state index is 9.25. The van der Waals surface area contributed by atoms with Crippen LogP contribution in [0.3, 0.4) is 0 Å². The topological polar surface area (TPSA) is 40.5 Å². The summed E-state index contributed by atoms with van der Waals surface area (Å²) in [6.45, 7) is 4.19. The van der Waals surface area contributed by atoms with Gasteiger partial charge in [0, 0.05) is 5.92 Å². The highest BCUT2D eigenvalue weighted by Crippen LogP contribution is 2.21. The Labute approximate surface area is 68.6 Å². The lowest BCUT2D eigenvalue weighted by atomic mass is 9.90. The number of hydrogen-bond donors (Lipinski definition) is 2. The fourth-order valence-electron chi connectivity index (χ4n) is 1.28. The second-order valence-electron chi connectivity index (χ2n) is 2.98. The summed E-state index contributed by atoms with van der Waals surface area (Å²) in [5, 5.41) is 16.0. The van der Waals surface area contributed by atoms with Crippen LogP contribution in [0.1, 0.15) is 26.7 Å². The molecule has 0 saturated heterocycles. The van der Waals surface area contributed by atoms with Gasteiger partial charge < -0.3 is 10.2 Å². The third kappa shape index (κ3) is 3.54. The number of aliphatic hydroxyl groups is 2. The lowest BCUT2D eigenvalue weighted by molar-refractivity contribution is 0.122. The van der Waals surface area contributed by atoms with Gasteiger partial charge in [0.05, 0.1) is 13.2 Å². The molecule has 0 amide bonds. The largest absolute Gasteiger partial charge is 0.394 e. The van der Waals surface area contributed by atoms with Crippen LogP contribution in [0.15, 0.2) is 11.6 Å². The molecular weight excluding hydrogens is 140 g/mol. The van der Waals surface area contributed by atoms with Gasteiger partial charge in [0.2, 0.25) is 0 Å². The van der Waals surface area contributed by atoms with Crippen molar-refractivity contribution in [1.29, 1.82) is 0 Å². The molecule has 2 unspecified atom stereocenters. The molecule has 0 aromatic carbocycles. The van der Waals surface area contributed by atoms with E-state index in [1.165, 1.54) is 5.57 Å². The third-order valence-electron chi connectivity index (χ3n) is 1.99. The summed E-state index contributed by atoms with van der Waals surface area (Å²) in [7, 11) is 2.25. The van der Waals surface area contributed by atoms with Crippen molar-refractivity contribution in [3.05, 3.63) is 18.8 Å². The Balaban J connectivity index is 0.000000461. The summed E-state index contributed by atoms with van der Waals surface area (Å²) < 4.78 is 0. The molecule has 1 aliphatic carbocycles. The molecule has 0 aromatic rings. The van der Waals surface area contributed by atoms with E-state index in [4.69, 9.17) is 5.11 Å². The monoisotopic (exact) mass is 157 g/mol. The SMILES string of the molecule is CC1=CC(C)C(O)CC1.[CH2]O. The van der Waals surface area contributed by atoms with E-state index in [1.54, 1.807) is 0 Å². The maximum atomic E-state index is 9.25. The van der Waals surface area contributed by atoms with Gasteiger partial charge in [-0.2, -0.15) is 0 Å². The van der Waals surface area contributed by atoms with E-state index in [-0.39, 0.29) is 6.10 Å². The minimum absolute atomic E-state index is 0.0892. The number of allylic oxidation sites excluding steroid dienone is 1. The van der Waals surface area contributed by atoms with Crippen molar-refractivity contribution in [1.82, 2.24) is 0 Å². The molecule has 2 nitrogen and oxygen atoms in total. The molecule has 0 heterocycles. The molecule has 0 aliphatic heterocycles. The average Bonchev–Trinajstić information content (AvgIpc) is 2.02. The third-order valence-corrected chi connectivity index (χ3v) is 1.99. The summed E-state index contributed by atoms with van der Waals surface area (Å²) in [5.41, 5.74) is 1.42. The van der Waals surface area contributed by atoms with Crippen molar-refractivity contribution in [3.8, 4) is 0 Å². The molecule has 65 valence electrons. The number of rotatable bonds is 0. The molecule has 1 radical (unpaired) electrons. The van der Waals surface area contributed by atoms with Crippen molar-refractivity contribution >= 4 is 0 Å². The van der Waals surface area contributed by atoms with Gasteiger partial charge >= 0.3 is 0 Å². The van der Waals surface area contributed by atoms with Crippen LogP contribution in [-0.2, 0) is 0 Å². The van der Waals surface area contributed by atoms with Crippen LogP contribution in [-0.4, -0.2) is 16.3 Å². The average molecular weight is 157 g/mol. The smallest absolute Gasteiger partial charge is 0.0662 e. The van der Waals surface area contributed by atoms with Crippen molar-refractivity contribution in [2.75, 3.05) is 0 Å². The first-order chi connectivity index (χ1) is 5.20. The highest BCUT2D eigenvalue weighted by molar-refractivity contribution is 5.06.